The molecule has 0 N–H and O–H groups in total. The summed E-state index contributed by atoms with van der Waals surface area (Å²) in [7, 11) is -2.98. The largest absolute Gasteiger partial charge is 0.335 e. The van der Waals surface area contributed by atoms with Crippen molar-refractivity contribution in [3.63, 3.8) is 0 Å². The molecule has 2 saturated carbocycles. The second-order valence-electron chi connectivity index (χ2n) is 9.40. The number of hydrogen-bond donors (Lipinski definition) is 0. The van der Waals surface area contributed by atoms with Gasteiger partial charge in [-0.15, -0.1) is 0 Å². The molecule has 6 nitrogen and oxygen atoms in total. The average Bonchev–Trinajstić information content (AvgIpc) is 3.33. The lowest BCUT2D eigenvalue weighted by atomic mass is 9.92. The molecule has 0 aromatic rings. The summed E-state index contributed by atoms with van der Waals surface area (Å²) in [6.45, 7) is 4.53. The Morgan fingerprint density at radius 1 is 0.821 bits per heavy atom. The number of amides is 1. The quantitative estimate of drug-likeness (QED) is 0.691. The van der Waals surface area contributed by atoms with Crippen molar-refractivity contribution in [1.82, 2.24) is 14.7 Å². The van der Waals surface area contributed by atoms with Gasteiger partial charge in [0.05, 0.1) is 18.1 Å². The van der Waals surface area contributed by atoms with Crippen LogP contribution in [0.15, 0.2) is 0 Å². The van der Waals surface area contributed by atoms with E-state index in [2.05, 4.69) is 9.80 Å². The minimum Gasteiger partial charge on any atom is -0.335 e. The Morgan fingerprint density at radius 2 is 1.46 bits per heavy atom. The maximum atomic E-state index is 13.3. The number of nitrogens with zero attached hydrogens (tertiary/aromatic N) is 3. The summed E-state index contributed by atoms with van der Waals surface area (Å²) >= 11 is 0. The highest BCUT2D eigenvalue weighted by atomic mass is 32.2. The normalized spacial score (nSPS) is 30.6. The molecule has 2 heterocycles. The molecule has 28 heavy (non-hydrogen) atoms. The van der Waals surface area contributed by atoms with Crippen molar-refractivity contribution < 1.29 is 13.2 Å². The molecule has 4 fully saturated rings. The lowest BCUT2D eigenvalue weighted by molar-refractivity contribution is -0.138. The van der Waals surface area contributed by atoms with E-state index < -0.39 is 9.84 Å². The highest BCUT2D eigenvalue weighted by molar-refractivity contribution is 7.91. The second-order valence-corrected chi connectivity index (χ2v) is 11.6. The van der Waals surface area contributed by atoms with Crippen LogP contribution < -0.4 is 0 Å². The van der Waals surface area contributed by atoms with Gasteiger partial charge in [0.15, 0.2) is 9.84 Å². The molecule has 2 saturated heterocycles. The van der Waals surface area contributed by atoms with Gasteiger partial charge < -0.3 is 4.90 Å². The molecule has 4 aliphatic rings. The standard InChI is InChI=1S/C21H37N3O3S/c25-21(16-22-11-13-23(14-12-22)18-6-4-5-7-18)24(19-8-2-1-3-9-19)20-10-15-28(26,27)17-20/h18-20H,1-17H2. The molecule has 2 aliphatic carbocycles. The monoisotopic (exact) mass is 411 g/mol. The SMILES string of the molecule is O=C(CN1CCN(C2CCCC2)CC1)N(C1CCCCC1)C1CCS(=O)(=O)C1. The molecule has 7 heteroatoms. The summed E-state index contributed by atoms with van der Waals surface area (Å²) in [5.41, 5.74) is 0. The predicted octanol–water partition coefficient (Wildman–Crippen LogP) is 1.90. The molecule has 0 aromatic heterocycles. The van der Waals surface area contributed by atoms with Crippen molar-refractivity contribution >= 4 is 15.7 Å². The Kier molecular flexibility index (Phi) is 6.63. The minimum absolute atomic E-state index is 0.0969. The van der Waals surface area contributed by atoms with E-state index in [4.69, 9.17) is 0 Å². The summed E-state index contributed by atoms with van der Waals surface area (Å²) in [6, 6.07) is 0.917. The van der Waals surface area contributed by atoms with Crippen LogP contribution in [0.5, 0.6) is 0 Å². The Labute approximate surface area is 170 Å². The zero-order valence-electron chi connectivity index (χ0n) is 17.2. The fourth-order valence-electron chi connectivity index (χ4n) is 5.89. The lowest BCUT2D eigenvalue weighted by Gasteiger charge is -2.41. The Morgan fingerprint density at radius 3 is 2.07 bits per heavy atom. The van der Waals surface area contributed by atoms with Gasteiger partial charge in [0, 0.05) is 44.3 Å². The molecule has 1 atom stereocenters. The summed E-state index contributed by atoms with van der Waals surface area (Å²) in [5.74, 6) is 0.585. The van der Waals surface area contributed by atoms with Gasteiger partial charge in [-0.1, -0.05) is 32.1 Å². The van der Waals surface area contributed by atoms with E-state index in [-0.39, 0.29) is 29.5 Å². The zero-order valence-corrected chi connectivity index (χ0v) is 18.0. The third-order valence-corrected chi connectivity index (χ3v) is 9.22. The van der Waals surface area contributed by atoms with Gasteiger partial charge in [0.1, 0.15) is 0 Å². The maximum Gasteiger partial charge on any atom is 0.237 e. The molecular weight excluding hydrogens is 374 g/mol. The van der Waals surface area contributed by atoms with E-state index in [1.165, 1.54) is 32.1 Å². The molecule has 1 amide bonds. The zero-order chi connectivity index (χ0) is 19.6. The Balaban J connectivity index is 1.35. The molecule has 0 radical (unpaired) electrons. The Hall–Kier alpha value is -0.660. The van der Waals surface area contributed by atoms with Gasteiger partial charge >= 0.3 is 0 Å². The summed E-state index contributed by atoms with van der Waals surface area (Å²) in [5, 5.41) is 0. The van der Waals surface area contributed by atoms with Gasteiger partial charge in [-0.2, -0.15) is 0 Å². The van der Waals surface area contributed by atoms with Crippen LogP contribution in [0.25, 0.3) is 0 Å². The second kappa shape index (κ2) is 9.00. The fraction of sp³-hybridized carbons (Fsp3) is 0.952. The first kappa shape index (κ1) is 20.6. The number of sulfone groups is 1. The van der Waals surface area contributed by atoms with Crippen molar-refractivity contribution in [1.29, 1.82) is 0 Å². The van der Waals surface area contributed by atoms with Crippen molar-refractivity contribution in [2.45, 2.75) is 82.3 Å². The van der Waals surface area contributed by atoms with E-state index in [1.807, 2.05) is 4.90 Å². The van der Waals surface area contributed by atoms with Gasteiger partial charge in [-0.25, -0.2) is 8.42 Å². The molecule has 4 rings (SSSR count). The highest BCUT2D eigenvalue weighted by Crippen LogP contribution is 2.29. The van der Waals surface area contributed by atoms with Crippen molar-refractivity contribution in [2.24, 2.45) is 0 Å². The van der Waals surface area contributed by atoms with Crippen LogP contribution in [-0.2, 0) is 14.6 Å². The fourth-order valence-corrected chi connectivity index (χ4v) is 7.60. The number of hydrogen-bond acceptors (Lipinski definition) is 5. The number of carbonyl (C=O) groups is 1. The van der Waals surface area contributed by atoms with E-state index >= 15 is 0 Å². The molecule has 160 valence electrons. The van der Waals surface area contributed by atoms with Crippen LogP contribution >= 0.6 is 0 Å². The van der Waals surface area contributed by atoms with Crippen LogP contribution in [0.2, 0.25) is 0 Å². The molecule has 2 aliphatic heterocycles. The maximum absolute atomic E-state index is 13.3. The first-order valence-electron chi connectivity index (χ1n) is 11.5. The van der Waals surface area contributed by atoms with E-state index in [0.29, 0.717) is 13.0 Å². The highest BCUT2D eigenvalue weighted by Gasteiger charge is 2.39. The summed E-state index contributed by atoms with van der Waals surface area (Å²) in [6.07, 6.45) is 11.7. The van der Waals surface area contributed by atoms with Gasteiger partial charge in [0.25, 0.3) is 0 Å². The number of piperazine rings is 1. The third kappa shape index (κ3) is 4.90. The summed E-state index contributed by atoms with van der Waals surface area (Å²) < 4.78 is 24.1. The van der Waals surface area contributed by atoms with E-state index in [9.17, 15) is 13.2 Å². The summed E-state index contributed by atoms with van der Waals surface area (Å²) in [4.78, 5) is 20.3. The molecular formula is C21H37N3O3S. The molecule has 0 aromatic carbocycles. The number of rotatable bonds is 5. The predicted molar refractivity (Wildman–Crippen MR) is 111 cm³/mol. The first-order valence-corrected chi connectivity index (χ1v) is 13.3. The molecule has 1 unspecified atom stereocenters. The van der Waals surface area contributed by atoms with Crippen LogP contribution in [0.4, 0.5) is 0 Å². The molecule has 0 bridgehead atoms. The van der Waals surface area contributed by atoms with Crippen LogP contribution in [0.1, 0.15) is 64.2 Å². The van der Waals surface area contributed by atoms with E-state index in [1.54, 1.807) is 0 Å². The Bertz CT molecular complexity index is 633. The minimum atomic E-state index is -2.98. The first-order chi connectivity index (χ1) is 13.5. The molecule has 0 spiro atoms. The smallest absolute Gasteiger partial charge is 0.237 e. The number of carbonyl (C=O) groups excluding carboxylic acids is 1. The van der Waals surface area contributed by atoms with Crippen LogP contribution in [0.3, 0.4) is 0 Å². The van der Waals surface area contributed by atoms with Gasteiger partial charge in [0.2, 0.25) is 5.91 Å². The lowest BCUT2D eigenvalue weighted by Crippen LogP contribution is -2.55. The van der Waals surface area contributed by atoms with Gasteiger partial charge in [-0.05, 0) is 32.1 Å². The van der Waals surface area contributed by atoms with E-state index in [0.717, 1.165) is 57.9 Å². The van der Waals surface area contributed by atoms with Crippen molar-refractivity contribution in [3.05, 3.63) is 0 Å². The van der Waals surface area contributed by atoms with Gasteiger partial charge in [-0.3, -0.25) is 14.6 Å². The third-order valence-electron chi connectivity index (χ3n) is 7.46. The van der Waals surface area contributed by atoms with Crippen LogP contribution in [0, 0.1) is 0 Å². The van der Waals surface area contributed by atoms with Crippen LogP contribution in [-0.4, -0.2) is 91.4 Å². The average molecular weight is 412 g/mol. The topological polar surface area (TPSA) is 60.9 Å². The van der Waals surface area contributed by atoms with Crippen molar-refractivity contribution in [2.75, 3.05) is 44.2 Å². The van der Waals surface area contributed by atoms with Crippen molar-refractivity contribution in [3.8, 4) is 0 Å².